The van der Waals surface area contributed by atoms with E-state index in [9.17, 15) is 9.59 Å². The zero-order chi connectivity index (χ0) is 15.5. The van der Waals surface area contributed by atoms with E-state index in [-0.39, 0.29) is 18.4 Å². The van der Waals surface area contributed by atoms with Crippen LogP contribution in [-0.2, 0) is 16.1 Å². The summed E-state index contributed by atoms with van der Waals surface area (Å²) in [4.78, 5) is 25.4. The molecule has 1 saturated heterocycles. The molecule has 1 atom stereocenters. The molecule has 1 fully saturated rings. The highest BCUT2D eigenvalue weighted by molar-refractivity contribution is 5.92. The lowest BCUT2D eigenvalue weighted by Crippen LogP contribution is -2.39. The maximum atomic E-state index is 12.0. The van der Waals surface area contributed by atoms with Crippen LogP contribution in [0.1, 0.15) is 18.9 Å². The van der Waals surface area contributed by atoms with Gasteiger partial charge in [0.2, 0.25) is 11.8 Å². The largest absolute Gasteiger partial charge is 0.369 e. The monoisotopic (exact) mass is 290 g/mol. The predicted octanol–water partition coefficient (Wildman–Crippen LogP) is 0.281. The molecule has 114 valence electrons. The summed E-state index contributed by atoms with van der Waals surface area (Å²) in [5.41, 5.74) is 12.2. The molecule has 1 aliphatic heterocycles. The molecule has 2 amide bonds. The molecule has 1 aliphatic rings. The molecule has 0 aromatic heterocycles. The third kappa shape index (κ3) is 3.80. The van der Waals surface area contributed by atoms with Crippen molar-refractivity contribution in [1.82, 2.24) is 4.90 Å². The molecule has 0 radical (unpaired) electrons. The highest BCUT2D eigenvalue weighted by Gasteiger charge is 2.39. The van der Waals surface area contributed by atoms with Crippen LogP contribution in [0, 0.1) is 5.41 Å². The summed E-state index contributed by atoms with van der Waals surface area (Å²) >= 11 is 0. The number of likely N-dealkylation sites (tertiary alicyclic amines) is 1. The molecule has 0 bridgehead atoms. The number of benzene rings is 1. The molecular formula is C15H22N4O2. The summed E-state index contributed by atoms with van der Waals surface area (Å²) in [6.45, 7) is 3.77. The van der Waals surface area contributed by atoms with Crippen LogP contribution < -0.4 is 16.8 Å². The second kappa shape index (κ2) is 6.24. The number of anilines is 1. The molecule has 1 aromatic rings. The Bertz CT molecular complexity index is 546. The van der Waals surface area contributed by atoms with Gasteiger partial charge in [0.1, 0.15) is 0 Å². The molecule has 1 unspecified atom stereocenters. The summed E-state index contributed by atoms with van der Waals surface area (Å²) in [7, 11) is 0. The number of nitrogens with two attached hydrogens (primary N) is 2. The van der Waals surface area contributed by atoms with E-state index in [1.165, 1.54) is 0 Å². The number of nitrogens with one attached hydrogen (secondary N) is 1. The van der Waals surface area contributed by atoms with Crippen molar-refractivity contribution in [2.24, 2.45) is 16.9 Å². The first kappa shape index (κ1) is 15.5. The van der Waals surface area contributed by atoms with Gasteiger partial charge in [-0.2, -0.15) is 0 Å². The third-order valence-corrected chi connectivity index (χ3v) is 3.96. The SMILES string of the molecule is CC1(C(N)=O)CCN(CC(=O)Nc2cccc(CN)c2)C1. The van der Waals surface area contributed by atoms with Crippen molar-refractivity contribution in [3.8, 4) is 0 Å². The second-order valence-corrected chi connectivity index (χ2v) is 5.84. The van der Waals surface area contributed by atoms with E-state index in [0.29, 0.717) is 26.1 Å². The van der Waals surface area contributed by atoms with Crippen molar-refractivity contribution in [3.63, 3.8) is 0 Å². The van der Waals surface area contributed by atoms with E-state index < -0.39 is 5.41 Å². The van der Waals surface area contributed by atoms with Gasteiger partial charge in [0.25, 0.3) is 0 Å². The van der Waals surface area contributed by atoms with E-state index >= 15 is 0 Å². The van der Waals surface area contributed by atoms with Gasteiger partial charge in [0, 0.05) is 18.8 Å². The van der Waals surface area contributed by atoms with E-state index in [0.717, 1.165) is 11.3 Å². The van der Waals surface area contributed by atoms with Crippen molar-refractivity contribution in [1.29, 1.82) is 0 Å². The Kier molecular flexibility index (Phi) is 4.59. The summed E-state index contributed by atoms with van der Waals surface area (Å²) in [6, 6.07) is 7.45. The summed E-state index contributed by atoms with van der Waals surface area (Å²) in [5, 5.41) is 2.85. The van der Waals surface area contributed by atoms with Gasteiger partial charge in [-0.15, -0.1) is 0 Å². The number of hydrogen-bond acceptors (Lipinski definition) is 4. The number of carbonyl (C=O) groups is 2. The fraction of sp³-hybridized carbons (Fsp3) is 0.467. The molecule has 6 nitrogen and oxygen atoms in total. The Hall–Kier alpha value is -1.92. The lowest BCUT2D eigenvalue weighted by atomic mass is 9.89. The van der Waals surface area contributed by atoms with Crippen LogP contribution in [-0.4, -0.2) is 36.3 Å². The normalized spacial score (nSPS) is 22.2. The van der Waals surface area contributed by atoms with Crippen molar-refractivity contribution in [2.45, 2.75) is 19.9 Å². The first-order chi connectivity index (χ1) is 9.93. The van der Waals surface area contributed by atoms with Gasteiger partial charge in [-0.05, 0) is 37.6 Å². The molecule has 0 aliphatic carbocycles. The number of hydrogen-bond donors (Lipinski definition) is 3. The van der Waals surface area contributed by atoms with Crippen LogP contribution >= 0.6 is 0 Å². The number of rotatable bonds is 5. The highest BCUT2D eigenvalue weighted by atomic mass is 16.2. The quantitative estimate of drug-likeness (QED) is 0.725. The van der Waals surface area contributed by atoms with Crippen molar-refractivity contribution in [2.75, 3.05) is 25.0 Å². The number of primary amides is 1. The van der Waals surface area contributed by atoms with Crippen LogP contribution in [0.4, 0.5) is 5.69 Å². The average Bonchev–Trinajstić information content (AvgIpc) is 2.81. The molecule has 2 rings (SSSR count). The van der Waals surface area contributed by atoms with Gasteiger partial charge in [0.05, 0.1) is 12.0 Å². The standard InChI is InChI=1S/C15H22N4O2/c1-15(14(17)21)5-6-19(10-15)9-13(20)18-12-4-2-3-11(7-12)8-16/h2-4,7H,5-6,8-10,16H2,1H3,(H2,17,21)(H,18,20). The first-order valence-electron chi connectivity index (χ1n) is 7.04. The molecular weight excluding hydrogens is 268 g/mol. The lowest BCUT2D eigenvalue weighted by Gasteiger charge is -2.20. The Labute approximate surface area is 124 Å². The van der Waals surface area contributed by atoms with Gasteiger partial charge in [0.15, 0.2) is 0 Å². The summed E-state index contributed by atoms with van der Waals surface area (Å²) < 4.78 is 0. The summed E-state index contributed by atoms with van der Waals surface area (Å²) in [6.07, 6.45) is 0.693. The molecule has 0 saturated carbocycles. The van der Waals surface area contributed by atoms with Crippen molar-refractivity contribution < 1.29 is 9.59 Å². The molecule has 21 heavy (non-hydrogen) atoms. The zero-order valence-corrected chi connectivity index (χ0v) is 12.3. The zero-order valence-electron chi connectivity index (χ0n) is 12.3. The second-order valence-electron chi connectivity index (χ2n) is 5.84. The molecule has 6 heteroatoms. The van der Waals surface area contributed by atoms with Gasteiger partial charge >= 0.3 is 0 Å². The Morgan fingerprint density at radius 1 is 1.43 bits per heavy atom. The van der Waals surface area contributed by atoms with E-state index in [1.807, 2.05) is 36.1 Å². The van der Waals surface area contributed by atoms with Gasteiger partial charge in [-0.1, -0.05) is 12.1 Å². The average molecular weight is 290 g/mol. The Morgan fingerprint density at radius 3 is 2.81 bits per heavy atom. The predicted molar refractivity (Wildman–Crippen MR) is 81.3 cm³/mol. The fourth-order valence-corrected chi connectivity index (χ4v) is 2.57. The highest BCUT2D eigenvalue weighted by Crippen LogP contribution is 2.29. The van der Waals surface area contributed by atoms with Crippen LogP contribution in [0.15, 0.2) is 24.3 Å². The van der Waals surface area contributed by atoms with Crippen molar-refractivity contribution in [3.05, 3.63) is 29.8 Å². The van der Waals surface area contributed by atoms with Gasteiger partial charge < -0.3 is 16.8 Å². The van der Waals surface area contributed by atoms with Crippen LogP contribution in [0.3, 0.4) is 0 Å². The maximum absolute atomic E-state index is 12.0. The summed E-state index contributed by atoms with van der Waals surface area (Å²) in [5.74, 6) is -0.404. The molecule has 1 heterocycles. The minimum Gasteiger partial charge on any atom is -0.369 e. The maximum Gasteiger partial charge on any atom is 0.238 e. The van der Waals surface area contributed by atoms with Crippen LogP contribution in [0.2, 0.25) is 0 Å². The van der Waals surface area contributed by atoms with Crippen molar-refractivity contribution >= 4 is 17.5 Å². The van der Waals surface area contributed by atoms with E-state index in [1.54, 1.807) is 0 Å². The smallest absolute Gasteiger partial charge is 0.238 e. The van der Waals surface area contributed by atoms with Gasteiger partial charge in [-0.3, -0.25) is 14.5 Å². The lowest BCUT2D eigenvalue weighted by molar-refractivity contribution is -0.126. The van der Waals surface area contributed by atoms with E-state index in [2.05, 4.69) is 5.32 Å². The topological polar surface area (TPSA) is 101 Å². The Balaban J connectivity index is 1.89. The molecule has 0 spiro atoms. The molecule has 5 N–H and O–H groups in total. The number of amides is 2. The minimum atomic E-state index is -0.528. The molecule has 1 aromatic carbocycles. The first-order valence-corrected chi connectivity index (χ1v) is 7.04. The Morgan fingerprint density at radius 2 is 2.19 bits per heavy atom. The van der Waals surface area contributed by atoms with Crippen LogP contribution in [0.25, 0.3) is 0 Å². The van der Waals surface area contributed by atoms with E-state index in [4.69, 9.17) is 11.5 Å². The van der Waals surface area contributed by atoms with Crippen LogP contribution in [0.5, 0.6) is 0 Å². The number of carbonyl (C=O) groups excluding carboxylic acids is 2. The number of nitrogens with zero attached hydrogens (tertiary/aromatic N) is 1. The third-order valence-electron chi connectivity index (χ3n) is 3.96. The fourth-order valence-electron chi connectivity index (χ4n) is 2.57. The minimum absolute atomic E-state index is 0.0992. The van der Waals surface area contributed by atoms with Gasteiger partial charge in [-0.25, -0.2) is 0 Å².